The number of aromatic nitrogens is 2. The van der Waals surface area contributed by atoms with Gasteiger partial charge >= 0.3 is 5.97 Å². The van der Waals surface area contributed by atoms with E-state index >= 15 is 0 Å². The van der Waals surface area contributed by atoms with E-state index < -0.39 is 47.9 Å². The first kappa shape index (κ1) is 33.9. The second-order valence-electron chi connectivity index (χ2n) is 12.3. The number of H-pyrrole nitrogens is 2. The third kappa shape index (κ3) is 8.10. The van der Waals surface area contributed by atoms with Crippen LogP contribution >= 0.6 is 0 Å². The van der Waals surface area contributed by atoms with Crippen molar-refractivity contribution in [2.45, 2.75) is 63.7 Å². The highest BCUT2D eigenvalue weighted by atomic mass is 16.4. The fourth-order valence-electron chi connectivity index (χ4n) is 5.83. The Morgan fingerprint density at radius 1 is 0.667 bits per heavy atom. The van der Waals surface area contributed by atoms with Crippen LogP contribution in [-0.4, -0.2) is 62.9 Å². The molecule has 11 nitrogen and oxygen atoms in total. The first-order valence-corrected chi connectivity index (χ1v) is 16.2. The molecular weight excluding hydrogens is 608 g/mol. The summed E-state index contributed by atoms with van der Waals surface area (Å²) in [6.07, 6.45) is 4.49. The summed E-state index contributed by atoms with van der Waals surface area (Å²) in [4.78, 5) is 60.0. The Morgan fingerprint density at radius 3 is 1.62 bits per heavy atom. The van der Waals surface area contributed by atoms with Crippen molar-refractivity contribution in [2.24, 2.45) is 11.7 Å². The average molecular weight is 651 g/mol. The summed E-state index contributed by atoms with van der Waals surface area (Å²) in [6.45, 7) is 3.80. The molecule has 0 aliphatic rings. The number of rotatable bonds is 15. The number of nitrogens with two attached hydrogens (primary N) is 1. The van der Waals surface area contributed by atoms with E-state index in [1.807, 2.05) is 68.4 Å². The molecule has 3 amide bonds. The molecule has 0 radical (unpaired) electrons. The molecule has 2 aromatic heterocycles. The lowest BCUT2D eigenvalue weighted by atomic mass is 9.97. The number of carboxylic acid groups (broad SMARTS) is 1. The van der Waals surface area contributed by atoms with Gasteiger partial charge in [0, 0.05) is 53.5 Å². The number of hydrogen-bond donors (Lipinski definition) is 7. The molecule has 0 spiro atoms. The maximum atomic E-state index is 14.1. The second kappa shape index (κ2) is 15.4. The van der Waals surface area contributed by atoms with Gasteiger partial charge in [-0.1, -0.05) is 87.0 Å². The lowest BCUT2D eigenvalue weighted by Crippen LogP contribution is -2.58. The molecule has 250 valence electrons. The number of carbonyl (C=O) groups is 4. The third-order valence-corrected chi connectivity index (χ3v) is 8.92. The van der Waals surface area contributed by atoms with E-state index in [1.54, 1.807) is 36.7 Å². The highest BCUT2D eigenvalue weighted by Crippen LogP contribution is 2.21. The Morgan fingerprint density at radius 2 is 1.12 bits per heavy atom. The van der Waals surface area contributed by atoms with Crippen LogP contribution in [0.15, 0.2) is 91.3 Å². The van der Waals surface area contributed by atoms with Gasteiger partial charge < -0.3 is 36.8 Å². The molecule has 0 aliphatic carbocycles. The van der Waals surface area contributed by atoms with E-state index in [4.69, 9.17) is 5.73 Å². The first-order chi connectivity index (χ1) is 23.1. The topological polar surface area (TPSA) is 182 Å². The standard InChI is InChI=1S/C37H42N6O5/c1-3-22(2)33(38)36(46)42-31(19-25-21-40-29-16-10-8-14-27(25)29)34(44)41-30(18-24-20-39-28-15-9-7-13-26(24)28)35(45)43-32(37(47)48)17-23-11-5-4-6-12-23/h4-16,20-22,30-33,39-40H,3,17-19,38H2,1-2H3,(H,41,44)(H,42,46)(H,43,45)(H,47,48). The zero-order valence-corrected chi connectivity index (χ0v) is 27.0. The number of fused-ring (bicyclic) bond motifs is 2. The highest BCUT2D eigenvalue weighted by Gasteiger charge is 2.32. The predicted molar refractivity (Wildman–Crippen MR) is 185 cm³/mol. The summed E-state index contributed by atoms with van der Waals surface area (Å²) < 4.78 is 0. The van der Waals surface area contributed by atoms with Gasteiger partial charge in [-0.2, -0.15) is 0 Å². The summed E-state index contributed by atoms with van der Waals surface area (Å²) in [6, 6.07) is 19.9. The number of aromatic amines is 2. The second-order valence-corrected chi connectivity index (χ2v) is 12.3. The Balaban J connectivity index is 1.44. The molecule has 8 N–H and O–H groups in total. The number of carbonyl (C=O) groups excluding carboxylic acids is 3. The van der Waals surface area contributed by atoms with Crippen LogP contribution in [0.5, 0.6) is 0 Å². The molecule has 5 atom stereocenters. The number of aliphatic carboxylic acids is 1. The summed E-state index contributed by atoms with van der Waals surface area (Å²) in [5.74, 6) is -3.06. The van der Waals surface area contributed by atoms with Crippen LogP contribution < -0.4 is 21.7 Å². The summed E-state index contributed by atoms with van der Waals surface area (Å²) >= 11 is 0. The smallest absolute Gasteiger partial charge is 0.326 e. The minimum Gasteiger partial charge on any atom is -0.480 e. The van der Waals surface area contributed by atoms with Crippen LogP contribution in [-0.2, 0) is 38.4 Å². The number of benzene rings is 3. The number of para-hydroxylation sites is 2. The molecule has 2 heterocycles. The summed E-state index contributed by atoms with van der Waals surface area (Å²) in [5.41, 5.74) is 10.3. The van der Waals surface area contributed by atoms with Crippen molar-refractivity contribution in [3.63, 3.8) is 0 Å². The average Bonchev–Trinajstić information content (AvgIpc) is 3.70. The van der Waals surface area contributed by atoms with Gasteiger partial charge in [0.15, 0.2) is 0 Å². The minimum atomic E-state index is -1.24. The molecule has 5 rings (SSSR count). The van der Waals surface area contributed by atoms with E-state index in [2.05, 4.69) is 25.9 Å². The van der Waals surface area contributed by atoms with Crippen LogP contribution in [0.2, 0.25) is 0 Å². The molecule has 0 fully saturated rings. The first-order valence-electron chi connectivity index (χ1n) is 16.2. The number of nitrogens with one attached hydrogen (secondary N) is 5. The molecular formula is C37H42N6O5. The van der Waals surface area contributed by atoms with Crippen LogP contribution in [0.3, 0.4) is 0 Å². The van der Waals surface area contributed by atoms with Crippen LogP contribution in [0.25, 0.3) is 21.8 Å². The third-order valence-electron chi connectivity index (χ3n) is 8.92. The molecule has 5 aromatic rings. The maximum absolute atomic E-state index is 14.1. The van der Waals surface area contributed by atoms with E-state index in [-0.39, 0.29) is 25.2 Å². The van der Waals surface area contributed by atoms with Crippen molar-refractivity contribution < 1.29 is 24.3 Å². The lowest BCUT2D eigenvalue weighted by Gasteiger charge is -2.26. The highest BCUT2D eigenvalue weighted by molar-refractivity contribution is 5.95. The van der Waals surface area contributed by atoms with Crippen molar-refractivity contribution in [2.75, 3.05) is 0 Å². The van der Waals surface area contributed by atoms with Crippen molar-refractivity contribution in [1.29, 1.82) is 0 Å². The van der Waals surface area contributed by atoms with Gasteiger partial charge in [-0.05, 0) is 34.7 Å². The van der Waals surface area contributed by atoms with Crippen molar-refractivity contribution in [3.8, 4) is 0 Å². The van der Waals surface area contributed by atoms with Gasteiger partial charge in [-0.15, -0.1) is 0 Å². The van der Waals surface area contributed by atoms with E-state index in [0.717, 1.165) is 38.5 Å². The molecule has 5 unspecified atom stereocenters. The number of amides is 3. The fraction of sp³-hybridized carbons (Fsp3) is 0.297. The maximum Gasteiger partial charge on any atom is 0.326 e. The summed E-state index contributed by atoms with van der Waals surface area (Å²) in [7, 11) is 0. The van der Waals surface area contributed by atoms with Crippen molar-refractivity contribution in [1.82, 2.24) is 25.9 Å². The quantitative estimate of drug-likeness (QED) is 0.0909. The number of hydrogen-bond acceptors (Lipinski definition) is 5. The Bertz CT molecular complexity index is 1880. The number of carboxylic acids is 1. The zero-order chi connectivity index (χ0) is 34.2. The van der Waals surface area contributed by atoms with Crippen molar-refractivity contribution >= 4 is 45.5 Å². The Hall–Kier alpha value is -5.42. The Kier molecular flexibility index (Phi) is 10.9. The van der Waals surface area contributed by atoms with E-state index in [0.29, 0.717) is 6.42 Å². The molecule has 3 aromatic carbocycles. The van der Waals surface area contributed by atoms with Crippen LogP contribution in [0.4, 0.5) is 0 Å². The monoisotopic (exact) mass is 650 g/mol. The van der Waals surface area contributed by atoms with Gasteiger partial charge in [-0.25, -0.2) is 4.79 Å². The molecule has 0 bridgehead atoms. The lowest BCUT2D eigenvalue weighted by molar-refractivity contribution is -0.142. The van der Waals surface area contributed by atoms with Gasteiger partial charge in [0.25, 0.3) is 0 Å². The predicted octanol–water partition coefficient (Wildman–Crippen LogP) is 3.59. The molecule has 0 aliphatic heterocycles. The van der Waals surface area contributed by atoms with E-state index in [9.17, 15) is 24.3 Å². The van der Waals surface area contributed by atoms with Crippen LogP contribution in [0, 0.1) is 5.92 Å². The Labute approximate surface area is 278 Å². The summed E-state index contributed by atoms with van der Waals surface area (Å²) in [5, 5.41) is 20.1. The van der Waals surface area contributed by atoms with Gasteiger partial charge in [0.05, 0.1) is 6.04 Å². The SMILES string of the molecule is CCC(C)C(N)C(=O)NC(Cc1c[nH]c2ccccc12)C(=O)NC(Cc1c[nH]c2ccccc12)C(=O)NC(Cc1ccccc1)C(=O)O. The van der Waals surface area contributed by atoms with Gasteiger partial charge in [0.1, 0.15) is 18.1 Å². The molecule has 11 heteroatoms. The normalized spacial score (nSPS) is 14.5. The fourth-order valence-corrected chi connectivity index (χ4v) is 5.83. The minimum absolute atomic E-state index is 0.0579. The molecule has 48 heavy (non-hydrogen) atoms. The molecule has 0 saturated carbocycles. The van der Waals surface area contributed by atoms with Gasteiger partial charge in [-0.3, -0.25) is 14.4 Å². The van der Waals surface area contributed by atoms with Crippen molar-refractivity contribution in [3.05, 3.63) is 108 Å². The largest absolute Gasteiger partial charge is 0.480 e. The molecule has 0 saturated heterocycles. The zero-order valence-electron chi connectivity index (χ0n) is 27.0. The van der Waals surface area contributed by atoms with E-state index in [1.165, 1.54) is 0 Å². The van der Waals surface area contributed by atoms with Gasteiger partial charge in [0.2, 0.25) is 17.7 Å². The van der Waals surface area contributed by atoms with Crippen LogP contribution in [0.1, 0.15) is 37.0 Å².